The van der Waals surface area contributed by atoms with Crippen molar-refractivity contribution in [3.63, 3.8) is 0 Å². The summed E-state index contributed by atoms with van der Waals surface area (Å²) in [6, 6.07) is 7.01. The molecule has 0 aliphatic carbocycles. The van der Waals surface area contributed by atoms with E-state index in [9.17, 15) is 4.39 Å². The molecule has 0 unspecified atom stereocenters. The first kappa shape index (κ1) is 11.6. The first-order valence-electron chi connectivity index (χ1n) is 5.72. The van der Waals surface area contributed by atoms with Crippen LogP contribution in [0.3, 0.4) is 0 Å². The molecule has 0 spiro atoms. The van der Waals surface area contributed by atoms with Crippen molar-refractivity contribution in [3.8, 4) is 0 Å². The van der Waals surface area contributed by atoms with E-state index in [0.29, 0.717) is 12.2 Å². The third-order valence-corrected chi connectivity index (χ3v) is 2.77. The van der Waals surface area contributed by atoms with Crippen molar-refractivity contribution in [2.75, 3.05) is 5.32 Å². The molecule has 0 bridgehead atoms. The third kappa shape index (κ3) is 2.46. The quantitative estimate of drug-likeness (QED) is 0.879. The van der Waals surface area contributed by atoms with Gasteiger partial charge in [0.05, 0.1) is 17.9 Å². The minimum atomic E-state index is -0.215. The Hall–Kier alpha value is -1.84. The van der Waals surface area contributed by atoms with Crippen LogP contribution in [0.2, 0.25) is 0 Å². The van der Waals surface area contributed by atoms with Gasteiger partial charge in [-0.15, -0.1) is 0 Å². The lowest BCUT2D eigenvalue weighted by molar-refractivity contribution is 0.618. The monoisotopic (exact) mass is 233 g/mol. The zero-order valence-corrected chi connectivity index (χ0v) is 10.1. The van der Waals surface area contributed by atoms with E-state index >= 15 is 0 Å². The molecule has 17 heavy (non-hydrogen) atoms. The summed E-state index contributed by atoms with van der Waals surface area (Å²) in [5.41, 5.74) is 2.53. The summed E-state index contributed by atoms with van der Waals surface area (Å²) >= 11 is 0. The molecule has 0 saturated heterocycles. The van der Waals surface area contributed by atoms with Crippen LogP contribution in [0.25, 0.3) is 0 Å². The Morgan fingerprint density at radius 1 is 1.35 bits per heavy atom. The van der Waals surface area contributed by atoms with Gasteiger partial charge in [0.2, 0.25) is 0 Å². The van der Waals surface area contributed by atoms with Crippen molar-refractivity contribution < 1.29 is 4.39 Å². The first-order valence-corrected chi connectivity index (χ1v) is 5.72. The van der Waals surface area contributed by atoms with E-state index in [-0.39, 0.29) is 5.82 Å². The zero-order chi connectivity index (χ0) is 12.3. The highest BCUT2D eigenvalue weighted by atomic mass is 19.1. The highest BCUT2D eigenvalue weighted by Crippen LogP contribution is 2.19. The smallest absolute Gasteiger partial charge is 0.146 e. The number of anilines is 1. The second kappa shape index (κ2) is 4.99. The van der Waals surface area contributed by atoms with Gasteiger partial charge in [-0.05, 0) is 31.5 Å². The van der Waals surface area contributed by atoms with Gasteiger partial charge in [0.25, 0.3) is 0 Å². The van der Waals surface area contributed by atoms with E-state index in [1.807, 2.05) is 30.7 Å². The SMILES string of the molecule is CCn1nccc1CNc1c(C)cccc1F. The molecule has 2 rings (SSSR count). The summed E-state index contributed by atoms with van der Waals surface area (Å²) in [6.07, 6.45) is 1.76. The fourth-order valence-corrected chi connectivity index (χ4v) is 1.83. The Balaban J connectivity index is 2.13. The molecule has 0 aliphatic heterocycles. The van der Waals surface area contributed by atoms with E-state index in [4.69, 9.17) is 0 Å². The van der Waals surface area contributed by atoms with Crippen LogP contribution >= 0.6 is 0 Å². The van der Waals surface area contributed by atoms with E-state index in [1.165, 1.54) is 6.07 Å². The molecular weight excluding hydrogens is 217 g/mol. The van der Waals surface area contributed by atoms with Gasteiger partial charge in [-0.1, -0.05) is 12.1 Å². The summed E-state index contributed by atoms with van der Waals surface area (Å²) in [5, 5.41) is 7.30. The van der Waals surface area contributed by atoms with Crippen LogP contribution in [0, 0.1) is 12.7 Å². The van der Waals surface area contributed by atoms with E-state index < -0.39 is 0 Å². The number of benzene rings is 1. The average Bonchev–Trinajstić information content (AvgIpc) is 2.76. The van der Waals surface area contributed by atoms with E-state index in [0.717, 1.165) is 17.8 Å². The molecule has 90 valence electrons. The van der Waals surface area contributed by atoms with Gasteiger partial charge in [-0.2, -0.15) is 5.10 Å². The number of aryl methyl sites for hydroxylation is 2. The highest BCUT2D eigenvalue weighted by Gasteiger charge is 2.06. The third-order valence-electron chi connectivity index (χ3n) is 2.77. The summed E-state index contributed by atoms with van der Waals surface area (Å²) in [7, 11) is 0. The van der Waals surface area contributed by atoms with Crippen LogP contribution in [0.1, 0.15) is 18.2 Å². The van der Waals surface area contributed by atoms with Crippen molar-refractivity contribution in [2.24, 2.45) is 0 Å². The molecule has 0 atom stereocenters. The van der Waals surface area contributed by atoms with Gasteiger partial charge in [0.1, 0.15) is 5.82 Å². The predicted molar refractivity (Wildman–Crippen MR) is 66.4 cm³/mol. The molecule has 1 aromatic heterocycles. The zero-order valence-electron chi connectivity index (χ0n) is 10.1. The van der Waals surface area contributed by atoms with Crippen molar-refractivity contribution in [2.45, 2.75) is 26.9 Å². The molecule has 3 nitrogen and oxygen atoms in total. The standard InChI is InChI=1S/C13H16FN3/c1-3-17-11(7-8-16-17)9-15-13-10(2)5-4-6-12(13)14/h4-8,15H,3,9H2,1-2H3. The van der Waals surface area contributed by atoms with Crippen LogP contribution in [0.15, 0.2) is 30.5 Å². The number of rotatable bonds is 4. The van der Waals surface area contributed by atoms with Crippen molar-refractivity contribution >= 4 is 5.69 Å². The minimum Gasteiger partial charge on any atom is -0.377 e. The normalized spacial score (nSPS) is 10.5. The second-order valence-corrected chi connectivity index (χ2v) is 3.92. The van der Waals surface area contributed by atoms with Crippen LogP contribution in [0.5, 0.6) is 0 Å². The summed E-state index contributed by atoms with van der Waals surface area (Å²) in [5.74, 6) is -0.215. The number of halogens is 1. The van der Waals surface area contributed by atoms with Gasteiger partial charge >= 0.3 is 0 Å². The number of hydrogen-bond acceptors (Lipinski definition) is 2. The molecule has 0 amide bonds. The lowest BCUT2D eigenvalue weighted by Crippen LogP contribution is -2.09. The molecule has 1 heterocycles. The molecule has 4 heteroatoms. The number of nitrogens with zero attached hydrogens (tertiary/aromatic N) is 2. The average molecular weight is 233 g/mol. The van der Waals surface area contributed by atoms with E-state index in [1.54, 1.807) is 12.3 Å². The topological polar surface area (TPSA) is 29.9 Å². The number of hydrogen-bond donors (Lipinski definition) is 1. The Labute approximate surface area is 100 Å². The maximum atomic E-state index is 13.6. The van der Waals surface area contributed by atoms with Crippen LogP contribution < -0.4 is 5.32 Å². The Morgan fingerprint density at radius 2 is 2.18 bits per heavy atom. The Kier molecular flexibility index (Phi) is 3.42. The van der Waals surface area contributed by atoms with Crippen LogP contribution in [-0.4, -0.2) is 9.78 Å². The summed E-state index contributed by atoms with van der Waals surface area (Å²) < 4.78 is 15.5. The van der Waals surface area contributed by atoms with Gasteiger partial charge in [-0.25, -0.2) is 4.39 Å². The van der Waals surface area contributed by atoms with Gasteiger partial charge in [0, 0.05) is 12.7 Å². The Bertz CT molecular complexity index is 485. The van der Waals surface area contributed by atoms with Crippen molar-refractivity contribution in [1.29, 1.82) is 0 Å². The first-order chi connectivity index (χ1) is 8.22. The minimum absolute atomic E-state index is 0.215. The van der Waals surface area contributed by atoms with Gasteiger partial charge < -0.3 is 5.32 Å². The van der Waals surface area contributed by atoms with Gasteiger partial charge in [-0.3, -0.25) is 4.68 Å². The lowest BCUT2D eigenvalue weighted by atomic mass is 10.2. The molecule has 1 aromatic carbocycles. The summed E-state index contributed by atoms with van der Waals surface area (Å²) in [4.78, 5) is 0. The molecule has 0 radical (unpaired) electrons. The van der Waals surface area contributed by atoms with Crippen molar-refractivity contribution in [3.05, 3.63) is 47.5 Å². The number of para-hydroxylation sites is 1. The number of aromatic nitrogens is 2. The fourth-order valence-electron chi connectivity index (χ4n) is 1.83. The fraction of sp³-hybridized carbons (Fsp3) is 0.308. The van der Waals surface area contributed by atoms with Crippen molar-refractivity contribution in [1.82, 2.24) is 9.78 Å². The molecular formula is C13H16FN3. The molecule has 0 saturated carbocycles. The maximum absolute atomic E-state index is 13.6. The molecule has 2 aromatic rings. The maximum Gasteiger partial charge on any atom is 0.146 e. The predicted octanol–water partition coefficient (Wildman–Crippen LogP) is 2.96. The number of nitrogens with one attached hydrogen (secondary N) is 1. The largest absolute Gasteiger partial charge is 0.377 e. The van der Waals surface area contributed by atoms with Gasteiger partial charge in [0.15, 0.2) is 0 Å². The molecule has 0 fully saturated rings. The van der Waals surface area contributed by atoms with E-state index in [2.05, 4.69) is 10.4 Å². The lowest BCUT2D eigenvalue weighted by Gasteiger charge is -2.11. The molecule has 0 aliphatic rings. The summed E-state index contributed by atoms with van der Waals surface area (Å²) in [6.45, 7) is 5.32. The van der Waals surface area contributed by atoms with Crippen LogP contribution in [0.4, 0.5) is 10.1 Å². The second-order valence-electron chi connectivity index (χ2n) is 3.92. The van der Waals surface area contributed by atoms with Crippen LogP contribution in [-0.2, 0) is 13.1 Å². The highest BCUT2D eigenvalue weighted by molar-refractivity contribution is 5.51. The molecule has 1 N–H and O–H groups in total. The Morgan fingerprint density at radius 3 is 2.88 bits per heavy atom.